The molecule has 0 amide bonds. The Hall–Kier alpha value is -1.27. The molecule has 1 fully saturated rings. The zero-order valence-corrected chi connectivity index (χ0v) is 12.2. The number of nitrogens with zero attached hydrogens (tertiary/aromatic N) is 3. The number of aryl methyl sites for hydroxylation is 1. The molecule has 0 radical (unpaired) electrons. The quantitative estimate of drug-likeness (QED) is 0.908. The lowest BCUT2D eigenvalue weighted by Gasteiger charge is -2.39. The molecule has 1 aliphatic heterocycles. The van der Waals surface area contributed by atoms with Crippen LogP contribution in [0.5, 0.6) is 0 Å². The van der Waals surface area contributed by atoms with Crippen molar-refractivity contribution >= 4 is 5.95 Å². The van der Waals surface area contributed by atoms with Gasteiger partial charge in [-0.15, -0.1) is 5.10 Å². The largest absolute Gasteiger partial charge is 0.392 e. The van der Waals surface area contributed by atoms with Crippen molar-refractivity contribution < 1.29 is 13.2 Å². The predicted octanol–water partition coefficient (Wildman–Crippen LogP) is 3.57. The lowest BCUT2D eigenvalue weighted by molar-refractivity contribution is -0.202. The number of hydrogen-bond donors (Lipinski definition) is 1. The molecule has 7 heteroatoms. The molecule has 21 heavy (non-hydrogen) atoms. The number of nitrogens with one attached hydrogen (secondary N) is 1. The van der Waals surface area contributed by atoms with Gasteiger partial charge in [-0.25, -0.2) is 4.68 Å². The zero-order valence-electron chi connectivity index (χ0n) is 12.2. The van der Waals surface area contributed by atoms with Crippen molar-refractivity contribution in [3.05, 3.63) is 5.82 Å². The van der Waals surface area contributed by atoms with E-state index in [1.165, 1.54) is 0 Å². The Kier molecular flexibility index (Phi) is 3.84. The molecule has 1 aromatic rings. The van der Waals surface area contributed by atoms with Gasteiger partial charge in [0.1, 0.15) is 5.82 Å². The highest BCUT2D eigenvalue weighted by molar-refractivity contribution is 5.22. The molecule has 4 nitrogen and oxygen atoms in total. The number of alkyl halides is 3. The average Bonchev–Trinajstić information content (AvgIpc) is 2.89. The fourth-order valence-electron chi connectivity index (χ4n) is 3.91. The normalized spacial score (nSPS) is 30.0. The second kappa shape index (κ2) is 5.50. The Morgan fingerprint density at radius 2 is 1.90 bits per heavy atom. The Morgan fingerprint density at radius 3 is 2.62 bits per heavy atom. The van der Waals surface area contributed by atoms with Gasteiger partial charge < -0.3 is 5.32 Å². The molecule has 1 saturated carbocycles. The summed E-state index contributed by atoms with van der Waals surface area (Å²) in [5.41, 5.74) is 0. The second-order valence-electron chi connectivity index (χ2n) is 6.10. The van der Waals surface area contributed by atoms with Crippen LogP contribution in [0.25, 0.3) is 0 Å². The van der Waals surface area contributed by atoms with Gasteiger partial charge in [0.25, 0.3) is 0 Å². The van der Waals surface area contributed by atoms with Gasteiger partial charge in [0.15, 0.2) is 0 Å². The molecule has 1 aromatic heterocycles. The molecule has 0 bridgehead atoms. The van der Waals surface area contributed by atoms with Gasteiger partial charge in [0.2, 0.25) is 5.95 Å². The van der Waals surface area contributed by atoms with Gasteiger partial charge in [-0.2, -0.15) is 18.2 Å². The Balaban J connectivity index is 1.91. The summed E-state index contributed by atoms with van der Waals surface area (Å²) in [6.07, 6.45) is 0.834. The zero-order chi connectivity index (χ0) is 15.0. The van der Waals surface area contributed by atoms with Gasteiger partial charge in [0, 0.05) is 13.5 Å². The Labute approximate surface area is 122 Å². The summed E-state index contributed by atoms with van der Waals surface area (Å²) in [6.45, 7) is 0. The van der Waals surface area contributed by atoms with Crippen LogP contribution in [0.2, 0.25) is 0 Å². The van der Waals surface area contributed by atoms with Gasteiger partial charge >= 0.3 is 6.18 Å². The van der Waals surface area contributed by atoms with E-state index in [1.54, 1.807) is 11.7 Å². The molecular formula is C14H21F3N4. The van der Waals surface area contributed by atoms with E-state index in [0.717, 1.165) is 31.5 Å². The molecule has 3 unspecified atom stereocenters. The van der Waals surface area contributed by atoms with Gasteiger partial charge in [0.05, 0.1) is 12.0 Å². The second-order valence-corrected chi connectivity index (χ2v) is 6.10. The molecule has 0 aromatic carbocycles. The van der Waals surface area contributed by atoms with E-state index in [2.05, 4.69) is 15.4 Å². The molecule has 1 aliphatic carbocycles. The third-order valence-electron chi connectivity index (χ3n) is 4.87. The number of hydrogen-bond acceptors (Lipinski definition) is 3. The van der Waals surface area contributed by atoms with Crippen molar-refractivity contribution in [3.63, 3.8) is 0 Å². The number of anilines is 1. The fraction of sp³-hybridized carbons (Fsp3) is 0.857. The number of aromatic nitrogens is 3. The summed E-state index contributed by atoms with van der Waals surface area (Å²) in [5, 5.41) is 7.25. The van der Waals surface area contributed by atoms with Crippen molar-refractivity contribution in [3.8, 4) is 0 Å². The molecule has 118 valence electrons. The molecule has 2 heterocycles. The van der Waals surface area contributed by atoms with Crippen LogP contribution in [0.4, 0.5) is 19.1 Å². The van der Waals surface area contributed by atoms with Gasteiger partial charge in [-0.05, 0) is 31.6 Å². The van der Waals surface area contributed by atoms with E-state index in [4.69, 9.17) is 0 Å². The summed E-state index contributed by atoms with van der Waals surface area (Å²) in [7, 11) is 1.73. The van der Waals surface area contributed by atoms with Crippen LogP contribution in [-0.2, 0) is 6.42 Å². The first kappa shape index (κ1) is 14.7. The van der Waals surface area contributed by atoms with E-state index >= 15 is 0 Å². The molecule has 0 spiro atoms. The van der Waals surface area contributed by atoms with Crippen molar-refractivity contribution in [2.24, 2.45) is 11.8 Å². The van der Waals surface area contributed by atoms with Crippen molar-refractivity contribution in [2.45, 2.75) is 57.2 Å². The minimum Gasteiger partial charge on any atom is -0.356 e. The maximum Gasteiger partial charge on any atom is 0.392 e. The maximum absolute atomic E-state index is 13.3. The van der Waals surface area contributed by atoms with Crippen LogP contribution in [0.15, 0.2) is 0 Å². The van der Waals surface area contributed by atoms with Gasteiger partial charge in [-0.1, -0.05) is 12.8 Å². The van der Waals surface area contributed by atoms with E-state index in [-0.39, 0.29) is 18.4 Å². The monoisotopic (exact) mass is 302 g/mol. The summed E-state index contributed by atoms with van der Waals surface area (Å²) < 4.78 is 41.8. The third-order valence-corrected chi connectivity index (χ3v) is 4.87. The first-order valence-electron chi connectivity index (χ1n) is 7.70. The van der Waals surface area contributed by atoms with Crippen LogP contribution in [0, 0.1) is 11.8 Å². The first-order chi connectivity index (χ1) is 10.0. The topological polar surface area (TPSA) is 42.7 Å². The van der Waals surface area contributed by atoms with Crippen LogP contribution in [-0.4, -0.2) is 28.0 Å². The van der Waals surface area contributed by atoms with E-state index in [9.17, 15) is 13.2 Å². The highest BCUT2D eigenvalue weighted by atomic mass is 19.4. The van der Waals surface area contributed by atoms with Crippen molar-refractivity contribution in [1.82, 2.24) is 14.8 Å². The van der Waals surface area contributed by atoms with Crippen LogP contribution in [0.1, 0.15) is 50.4 Å². The third kappa shape index (κ3) is 2.74. The van der Waals surface area contributed by atoms with Crippen LogP contribution in [0.3, 0.4) is 0 Å². The fourth-order valence-corrected chi connectivity index (χ4v) is 3.91. The predicted molar refractivity (Wildman–Crippen MR) is 73.0 cm³/mol. The van der Waals surface area contributed by atoms with Gasteiger partial charge in [-0.3, -0.25) is 0 Å². The average molecular weight is 302 g/mol. The lowest BCUT2D eigenvalue weighted by atomic mass is 9.73. The molecular weight excluding hydrogens is 281 g/mol. The lowest BCUT2D eigenvalue weighted by Crippen LogP contribution is -2.39. The Morgan fingerprint density at radius 1 is 1.14 bits per heavy atom. The SMILES string of the molecule is CNc1nc2n(n1)C(C1CCCCC1C(F)(F)F)CCC2. The van der Waals surface area contributed by atoms with Crippen LogP contribution < -0.4 is 5.32 Å². The first-order valence-corrected chi connectivity index (χ1v) is 7.70. The number of halogens is 3. The van der Waals surface area contributed by atoms with E-state index in [1.807, 2.05) is 0 Å². The van der Waals surface area contributed by atoms with Crippen molar-refractivity contribution in [2.75, 3.05) is 12.4 Å². The smallest absolute Gasteiger partial charge is 0.356 e. The summed E-state index contributed by atoms with van der Waals surface area (Å²) in [6, 6.07) is -0.157. The van der Waals surface area contributed by atoms with Crippen molar-refractivity contribution in [1.29, 1.82) is 0 Å². The Bertz CT molecular complexity index is 497. The minimum absolute atomic E-state index is 0.157. The molecule has 3 atom stereocenters. The van der Waals surface area contributed by atoms with E-state index < -0.39 is 12.1 Å². The molecule has 3 rings (SSSR count). The number of fused-ring (bicyclic) bond motifs is 1. The highest BCUT2D eigenvalue weighted by Gasteiger charge is 2.49. The van der Waals surface area contributed by atoms with E-state index in [0.29, 0.717) is 18.8 Å². The van der Waals surface area contributed by atoms with Crippen LogP contribution >= 0.6 is 0 Å². The highest BCUT2D eigenvalue weighted by Crippen LogP contribution is 2.48. The molecule has 1 N–H and O–H groups in total. The molecule has 0 saturated heterocycles. The standard InChI is InChI=1S/C14H21F3N4/c1-18-13-19-12-8-4-7-11(21(12)20-13)9-5-2-3-6-10(9)14(15,16)17/h9-11H,2-8H2,1H3,(H,18,20). The number of rotatable bonds is 2. The summed E-state index contributed by atoms with van der Waals surface area (Å²) >= 11 is 0. The summed E-state index contributed by atoms with van der Waals surface area (Å²) in [4.78, 5) is 4.36. The summed E-state index contributed by atoms with van der Waals surface area (Å²) in [5.74, 6) is -0.216. The molecule has 2 aliphatic rings. The minimum atomic E-state index is -4.10. The maximum atomic E-state index is 13.3.